The van der Waals surface area contributed by atoms with Gasteiger partial charge in [0.15, 0.2) is 5.75 Å². The number of aromatic nitrogens is 2. The van der Waals surface area contributed by atoms with Crippen molar-refractivity contribution < 1.29 is 9.13 Å². The molecule has 0 aliphatic heterocycles. The number of nitrogens with one attached hydrogen (secondary N) is 1. The first-order valence-corrected chi connectivity index (χ1v) is 6.92. The first kappa shape index (κ1) is 15.0. The highest BCUT2D eigenvalue weighted by Gasteiger charge is 2.24. The predicted octanol–water partition coefficient (Wildman–Crippen LogP) is 2.37. The lowest BCUT2D eigenvalue weighted by molar-refractivity contribution is 0.399. The zero-order valence-electron chi connectivity index (χ0n) is 11.2. The molecule has 1 atom stereocenters. The van der Waals surface area contributed by atoms with Crippen molar-refractivity contribution in [3.8, 4) is 5.75 Å². The number of rotatable bonds is 5. The summed E-state index contributed by atoms with van der Waals surface area (Å²) in [6.07, 6.45) is 1.64. The van der Waals surface area contributed by atoms with Crippen LogP contribution in [-0.4, -0.2) is 16.9 Å². The van der Waals surface area contributed by atoms with Crippen LogP contribution in [0.2, 0.25) is 0 Å². The van der Waals surface area contributed by atoms with E-state index >= 15 is 0 Å². The third kappa shape index (κ3) is 2.70. The van der Waals surface area contributed by atoms with Crippen LogP contribution in [0.25, 0.3) is 0 Å². The Bertz CT molecular complexity index is 581. The van der Waals surface area contributed by atoms with E-state index in [9.17, 15) is 4.39 Å². The number of hydrogen-bond acceptors (Lipinski definition) is 4. The molecule has 0 spiro atoms. The Morgan fingerprint density at radius 3 is 2.85 bits per heavy atom. The van der Waals surface area contributed by atoms with Gasteiger partial charge in [-0.3, -0.25) is 10.5 Å². The minimum absolute atomic E-state index is 0.313. The molecule has 1 heterocycles. The van der Waals surface area contributed by atoms with E-state index in [2.05, 4.69) is 26.5 Å². The van der Waals surface area contributed by atoms with E-state index in [1.807, 2.05) is 6.92 Å². The SMILES string of the molecule is CCn1ncc(OC)c1C(NN)c1ccc(F)cc1Br. The molecule has 0 radical (unpaired) electrons. The largest absolute Gasteiger partial charge is 0.493 e. The molecule has 0 aliphatic rings. The van der Waals surface area contributed by atoms with Gasteiger partial charge in [0.05, 0.1) is 19.3 Å². The highest BCUT2D eigenvalue weighted by atomic mass is 79.9. The number of methoxy groups -OCH3 is 1. The standard InChI is InChI=1S/C13H16BrFN4O/c1-3-19-13(11(20-2)7-17-19)12(18-16)9-5-4-8(15)6-10(9)14/h4-7,12,18H,3,16H2,1-2H3. The second-order valence-corrected chi connectivity index (χ2v) is 5.03. The zero-order chi connectivity index (χ0) is 14.7. The summed E-state index contributed by atoms with van der Waals surface area (Å²) in [5, 5.41) is 4.25. The highest BCUT2D eigenvalue weighted by Crippen LogP contribution is 2.33. The normalized spacial score (nSPS) is 12.4. The van der Waals surface area contributed by atoms with Crippen molar-refractivity contribution in [3.63, 3.8) is 0 Å². The van der Waals surface area contributed by atoms with Crippen LogP contribution < -0.4 is 16.0 Å². The van der Waals surface area contributed by atoms with Crippen LogP contribution in [-0.2, 0) is 6.54 Å². The molecule has 5 nitrogen and oxygen atoms in total. The minimum atomic E-state index is -0.359. The molecular formula is C13H16BrFN4O. The van der Waals surface area contributed by atoms with Crippen molar-refractivity contribution in [1.82, 2.24) is 15.2 Å². The van der Waals surface area contributed by atoms with Crippen LogP contribution >= 0.6 is 15.9 Å². The van der Waals surface area contributed by atoms with Gasteiger partial charge < -0.3 is 4.74 Å². The lowest BCUT2D eigenvalue weighted by Gasteiger charge is -2.20. The molecule has 20 heavy (non-hydrogen) atoms. The monoisotopic (exact) mass is 342 g/mol. The molecule has 7 heteroatoms. The van der Waals surface area contributed by atoms with Crippen molar-refractivity contribution in [1.29, 1.82) is 0 Å². The number of ether oxygens (including phenoxy) is 1. The number of nitrogens with two attached hydrogens (primary N) is 1. The Hall–Kier alpha value is -1.44. The number of nitrogens with zero attached hydrogens (tertiary/aromatic N) is 2. The van der Waals surface area contributed by atoms with Gasteiger partial charge in [0, 0.05) is 11.0 Å². The Morgan fingerprint density at radius 2 is 2.30 bits per heavy atom. The molecule has 0 bridgehead atoms. The Kier molecular flexibility index (Phi) is 4.74. The van der Waals surface area contributed by atoms with Crippen molar-refractivity contribution in [2.24, 2.45) is 5.84 Å². The summed E-state index contributed by atoms with van der Waals surface area (Å²) in [5.41, 5.74) is 4.34. The lowest BCUT2D eigenvalue weighted by Crippen LogP contribution is -2.31. The summed E-state index contributed by atoms with van der Waals surface area (Å²) in [6, 6.07) is 4.11. The van der Waals surface area contributed by atoms with Crippen LogP contribution in [0.5, 0.6) is 5.75 Å². The number of aryl methyl sites for hydroxylation is 1. The van der Waals surface area contributed by atoms with Crippen LogP contribution in [0.15, 0.2) is 28.9 Å². The minimum Gasteiger partial charge on any atom is -0.493 e. The molecule has 0 amide bonds. The number of benzene rings is 1. The van der Waals surface area contributed by atoms with Gasteiger partial charge in [-0.2, -0.15) is 5.10 Å². The maximum absolute atomic E-state index is 13.2. The average Bonchev–Trinajstić information content (AvgIpc) is 2.85. The third-order valence-electron chi connectivity index (χ3n) is 3.08. The highest BCUT2D eigenvalue weighted by molar-refractivity contribution is 9.10. The van der Waals surface area contributed by atoms with Gasteiger partial charge in [0.25, 0.3) is 0 Å². The fourth-order valence-electron chi connectivity index (χ4n) is 2.13. The van der Waals surface area contributed by atoms with Gasteiger partial charge in [-0.15, -0.1) is 0 Å². The fourth-order valence-corrected chi connectivity index (χ4v) is 2.71. The van der Waals surface area contributed by atoms with Crippen LogP contribution in [0.1, 0.15) is 24.2 Å². The predicted molar refractivity (Wildman–Crippen MR) is 77.7 cm³/mol. The quantitative estimate of drug-likeness (QED) is 0.646. The van der Waals surface area contributed by atoms with E-state index in [4.69, 9.17) is 10.6 Å². The number of hydrazine groups is 1. The first-order chi connectivity index (χ1) is 9.62. The van der Waals surface area contributed by atoms with Crippen LogP contribution in [0.3, 0.4) is 0 Å². The van der Waals surface area contributed by atoms with Gasteiger partial charge in [0.1, 0.15) is 11.5 Å². The summed E-state index contributed by atoms with van der Waals surface area (Å²) in [5.74, 6) is 6.01. The van der Waals surface area contributed by atoms with Crippen molar-refractivity contribution in [2.75, 3.05) is 7.11 Å². The summed E-state index contributed by atoms with van der Waals surface area (Å²) in [4.78, 5) is 0. The molecule has 2 rings (SSSR count). The van der Waals surface area contributed by atoms with E-state index in [0.29, 0.717) is 16.8 Å². The molecule has 1 unspecified atom stereocenters. The second kappa shape index (κ2) is 6.34. The molecule has 1 aromatic heterocycles. The Balaban J connectivity index is 2.54. The summed E-state index contributed by atoms with van der Waals surface area (Å²) in [6.45, 7) is 2.65. The molecule has 2 aromatic rings. The summed E-state index contributed by atoms with van der Waals surface area (Å²) >= 11 is 3.36. The molecule has 0 fully saturated rings. The molecule has 3 N–H and O–H groups in total. The molecule has 1 aromatic carbocycles. The number of halogens is 2. The maximum Gasteiger partial charge on any atom is 0.161 e. The van der Waals surface area contributed by atoms with Crippen molar-refractivity contribution in [3.05, 3.63) is 45.9 Å². The van der Waals surface area contributed by atoms with Gasteiger partial charge >= 0.3 is 0 Å². The van der Waals surface area contributed by atoms with E-state index in [-0.39, 0.29) is 11.9 Å². The molecule has 0 saturated carbocycles. The van der Waals surface area contributed by atoms with Gasteiger partial charge in [-0.1, -0.05) is 22.0 Å². The van der Waals surface area contributed by atoms with Gasteiger partial charge in [-0.05, 0) is 24.6 Å². The van der Waals surface area contributed by atoms with E-state index in [0.717, 1.165) is 11.3 Å². The molecular weight excluding hydrogens is 327 g/mol. The van der Waals surface area contributed by atoms with Gasteiger partial charge in [-0.25, -0.2) is 9.82 Å². The summed E-state index contributed by atoms with van der Waals surface area (Å²) < 4.78 is 21.0. The Labute approximate surface area is 125 Å². The topological polar surface area (TPSA) is 65.1 Å². The van der Waals surface area contributed by atoms with Crippen LogP contribution in [0, 0.1) is 5.82 Å². The van der Waals surface area contributed by atoms with Gasteiger partial charge in [0.2, 0.25) is 0 Å². The number of hydrogen-bond donors (Lipinski definition) is 2. The van der Waals surface area contributed by atoms with E-state index in [1.165, 1.54) is 12.1 Å². The molecule has 0 aliphatic carbocycles. The van der Waals surface area contributed by atoms with Crippen LogP contribution in [0.4, 0.5) is 4.39 Å². The van der Waals surface area contributed by atoms with Crippen molar-refractivity contribution >= 4 is 15.9 Å². The zero-order valence-corrected chi connectivity index (χ0v) is 12.8. The molecule has 0 saturated heterocycles. The Morgan fingerprint density at radius 1 is 1.55 bits per heavy atom. The second-order valence-electron chi connectivity index (χ2n) is 4.18. The maximum atomic E-state index is 13.2. The van der Waals surface area contributed by atoms with E-state index in [1.54, 1.807) is 24.1 Å². The summed E-state index contributed by atoms with van der Waals surface area (Å²) in [7, 11) is 1.58. The smallest absolute Gasteiger partial charge is 0.161 e. The first-order valence-electron chi connectivity index (χ1n) is 6.13. The van der Waals surface area contributed by atoms with E-state index < -0.39 is 0 Å². The lowest BCUT2D eigenvalue weighted by atomic mass is 10.0. The third-order valence-corrected chi connectivity index (χ3v) is 3.76. The average molecular weight is 343 g/mol. The molecule has 108 valence electrons. The fraction of sp³-hybridized carbons (Fsp3) is 0.308. The van der Waals surface area contributed by atoms with Crippen molar-refractivity contribution in [2.45, 2.75) is 19.5 Å².